The number of methoxy groups -OCH3 is 1. The summed E-state index contributed by atoms with van der Waals surface area (Å²) in [4.78, 5) is 18.9. The summed E-state index contributed by atoms with van der Waals surface area (Å²) in [5.41, 5.74) is 1.24. The third kappa shape index (κ3) is 2.41. The number of imidazole rings is 1. The molecular weight excluding hydrogens is 254 g/mol. The molecule has 0 spiro atoms. The Kier molecular flexibility index (Phi) is 3.43. The van der Waals surface area contributed by atoms with Gasteiger partial charge < -0.3 is 15.0 Å². The molecule has 5 nitrogen and oxygen atoms in total. The van der Waals surface area contributed by atoms with Crippen LogP contribution in [0.1, 0.15) is 24.5 Å². The molecule has 1 aromatic carbocycles. The number of rotatable bonds is 3. The lowest BCUT2D eigenvalue weighted by Gasteiger charge is -2.04. The summed E-state index contributed by atoms with van der Waals surface area (Å²) in [5.74, 6) is 0.608. The van der Waals surface area contributed by atoms with Crippen LogP contribution in [0.15, 0.2) is 12.1 Å². The van der Waals surface area contributed by atoms with Crippen LogP contribution in [0.4, 0.5) is 0 Å². The molecule has 1 heterocycles. The molecule has 96 valence electrons. The maximum atomic E-state index is 11.8. The molecule has 0 aliphatic heterocycles. The third-order valence-corrected chi connectivity index (χ3v) is 2.67. The van der Waals surface area contributed by atoms with Crippen LogP contribution < -0.4 is 10.1 Å². The molecule has 0 bridgehead atoms. The topological polar surface area (TPSA) is 67.0 Å². The summed E-state index contributed by atoms with van der Waals surface area (Å²) in [5, 5.41) is 3.21. The zero-order valence-corrected chi connectivity index (χ0v) is 11.1. The van der Waals surface area contributed by atoms with Crippen LogP contribution in [0.2, 0.25) is 5.02 Å². The highest BCUT2D eigenvalue weighted by atomic mass is 35.5. The van der Waals surface area contributed by atoms with Gasteiger partial charge in [-0.05, 0) is 13.8 Å². The van der Waals surface area contributed by atoms with Crippen molar-refractivity contribution in [3.63, 3.8) is 0 Å². The fourth-order valence-corrected chi connectivity index (χ4v) is 1.86. The van der Waals surface area contributed by atoms with Crippen LogP contribution in [0, 0.1) is 0 Å². The zero-order valence-electron chi connectivity index (χ0n) is 10.4. The highest BCUT2D eigenvalue weighted by molar-refractivity contribution is 6.35. The Hall–Kier alpha value is -1.75. The molecule has 2 rings (SSSR count). The van der Waals surface area contributed by atoms with Crippen LogP contribution in [-0.2, 0) is 0 Å². The first-order valence-corrected chi connectivity index (χ1v) is 5.93. The molecule has 1 amide bonds. The van der Waals surface area contributed by atoms with Gasteiger partial charge in [-0.1, -0.05) is 11.6 Å². The van der Waals surface area contributed by atoms with E-state index in [1.165, 1.54) is 0 Å². The van der Waals surface area contributed by atoms with E-state index >= 15 is 0 Å². The molecule has 0 atom stereocenters. The van der Waals surface area contributed by atoms with Gasteiger partial charge in [-0.25, -0.2) is 4.98 Å². The highest BCUT2D eigenvalue weighted by Gasteiger charge is 2.14. The standard InChI is InChI=1S/C12H14ClN3O2/c1-6(2)14-12(17)11-15-9-5-7(18-3)4-8(13)10(9)16-11/h4-6H,1-3H3,(H,14,17)(H,15,16). The summed E-state index contributed by atoms with van der Waals surface area (Å²) >= 11 is 6.07. The van der Waals surface area contributed by atoms with E-state index in [-0.39, 0.29) is 17.8 Å². The van der Waals surface area contributed by atoms with Crippen LogP contribution >= 0.6 is 11.6 Å². The first-order valence-electron chi connectivity index (χ1n) is 5.55. The molecule has 1 aromatic heterocycles. The lowest BCUT2D eigenvalue weighted by Crippen LogP contribution is -2.30. The molecule has 0 unspecified atom stereocenters. The number of hydrogen-bond acceptors (Lipinski definition) is 3. The van der Waals surface area contributed by atoms with Gasteiger partial charge in [0.15, 0.2) is 5.82 Å². The predicted molar refractivity (Wildman–Crippen MR) is 70.3 cm³/mol. The van der Waals surface area contributed by atoms with Crippen molar-refractivity contribution in [3.05, 3.63) is 23.0 Å². The zero-order chi connectivity index (χ0) is 13.3. The van der Waals surface area contributed by atoms with E-state index in [4.69, 9.17) is 16.3 Å². The molecule has 6 heteroatoms. The Morgan fingerprint density at radius 3 is 2.83 bits per heavy atom. The second-order valence-corrected chi connectivity index (χ2v) is 4.63. The summed E-state index contributed by atoms with van der Waals surface area (Å²) < 4.78 is 5.10. The number of aromatic nitrogens is 2. The van der Waals surface area contributed by atoms with Crippen molar-refractivity contribution in [2.75, 3.05) is 7.11 Å². The number of halogens is 1. The van der Waals surface area contributed by atoms with Crippen LogP contribution in [-0.4, -0.2) is 29.0 Å². The molecule has 2 aromatic rings. The van der Waals surface area contributed by atoms with Crippen LogP contribution in [0.3, 0.4) is 0 Å². The monoisotopic (exact) mass is 267 g/mol. The average Bonchev–Trinajstić information content (AvgIpc) is 2.72. The van der Waals surface area contributed by atoms with E-state index in [2.05, 4.69) is 15.3 Å². The molecule has 0 aliphatic rings. The van der Waals surface area contributed by atoms with Gasteiger partial charge in [0.25, 0.3) is 5.91 Å². The van der Waals surface area contributed by atoms with Gasteiger partial charge in [0, 0.05) is 18.2 Å². The molecule has 0 aliphatic carbocycles. The number of hydrogen-bond donors (Lipinski definition) is 2. The van der Waals surface area contributed by atoms with E-state index < -0.39 is 0 Å². The van der Waals surface area contributed by atoms with E-state index in [9.17, 15) is 4.79 Å². The van der Waals surface area contributed by atoms with E-state index in [1.54, 1.807) is 19.2 Å². The predicted octanol–water partition coefficient (Wildman–Crippen LogP) is 2.36. The van der Waals surface area contributed by atoms with Crippen LogP contribution in [0.5, 0.6) is 5.75 Å². The SMILES string of the molecule is COc1cc(Cl)c2nc(C(=O)NC(C)C)[nH]c2c1. The molecular formula is C12H14ClN3O2. The minimum absolute atomic E-state index is 0.0516. The van der Waals surface area contributed by atoms with Gasteiger partial charge in [-0.3, -0.25) is 4.79 Å². The van der Waals surface area contributed by atoms with Crippen molar-refractivity contribution in [3.8, 4) is 5.75 Å². The number of benzene rings is 1. The lowest BCUT2D eigenvalue weighted by molar-refractivity contribution is 0.0934. The molecule has 0 saturated heterocycles. The van der Waals surface area contributed by atoms with Crippen molar-refractivity contribution < 1.29 is 9.53 Å². The van der Waals surface area contributed by atoms with Crippen molar-refractivity contribution in [1.29, 1.82) is 0 Å². The van der Waals surface area contributed by atoms with Crippen LogP contribution in [0.25, 0.3) is 11.0 Å². The summed E-state index contributed by atoms with van der Waals surface area (Å²) in [7, 11) is 1.56. The number of carbonyl (C=O) groups is 1. The fraction of sp³-hybridized carbons (Fsp3) is 0.333. The van der Waals surface area contributed by atoms with Gasteiger partial charge in [-0.15, -0.1) is 0 Å². The second-order valence-electron chi connectivity index (χ2n) is 4.22. The third-order valence-electron chi connectivity index (χ3n) is 2.38. The number of nitrogens with one attached hydrogen (secondary N) is 2. The minimum Gasteiger partial charge on any atom is -0.497 e. The average molecular weight is 268 g/mol. The second kappa shape index (κ2) is 4.86. The van der Waals surface area contributed by atoms with Crippen molar-refractivity contribution >= 4 is 28.5 Å². The number of amides is 1. The Morgan fingerprint density at radius 2 is 2.22 bits per heavy atom. The Bertz CT molecular complexity index is 592. The lowest BCUT2D eigenvalue weighted by atomic mass is 10.3. The van der Waals surface area contributed by atoms with Crippen molar-refractivity contribution in [2.45, 2.75) is 19.9 Å². The van der Waals surface area contributed by atoms with Crippen molar-refractivity contribution in [2.24, 2.45) is 0 Å². The summed E-state index contributed by atoms with van der Waals surface area (Å²) in [6.45, 7) is 3.77. The molecule has 0 saturated carbocycles. The number of ether oxygens (including phenoxy) is 1. The largest absolute Gasteiger partial charge is 0.497 e. The molecule has 0 fully saturated rings. The first-order chi connectivity index (χ1) is 8.51. The van der Waals surface area contributed by atoms with Gasteiger partial charge in [0.2, 0.25) is 0 Å². The smallest absolute Gasteiger partial charge is 0.287 e. The van der Waals surface area contributed by atoms with Gasteiger partial charge in [-0.2, -0.15) is 0 Å². The molecule has 0 radical (unpaired) electrons. The Balaban J connectivity index is 2.44. The maximum absolute atomic E-state index is 11.8. The summed E-state index contributed by atoms with van der Waals surface area (Å²) in [6, 6.07) is 3.46. The Morgan fingerprint density at radius 1 is 1.50 bits per heavy atom. The number of nitrogens with zero attached hydrogens (tertiary/aromatic N) is 1. The maximum Gasteiger partial charge on any atom is 0.287 e. The number of carbonyl (C=O) groups excluding carboxylic acids is 1. The molecule has 2 N–H and O–H groups in total. The van der Waals surface area contributed by atoms with E-state index in [0.29, 0.717) is 21.8 Å². The quantitative estimate of drug-likeness (QED) is 0.897. The van der Waals surface area contributed by atoms with Gasteiger partial charge in [0.05, 0.1) is 17.6 Å². The van der Waals surface area contributed by atoms with Gasteiger partial charge in [0.1, 0.15) is 11.3 Å². The van der Waals surface area contributed by atoms with Gasteiger partial charge >= 0.3 is 0 Å². The molecule has 18 heavy (non-hydrogen) atoms. The number of aromatic amines is 1. The first kappa shape index (κ1) is 12.7. The number of H-pyrrole nitrogens is 1. The Labute approximate surface area is 109 Å². The van der Waals surface area contributed by atoms with Crippen molar-refractivity contribution in [1.82, 2.24) is 15.3 Å². The highest BCUT2D eigenvalue weighted by Crippen LogP contribution is 2.27. The summed E-state index contributed by atoms with van der Waals surface area (Å²) in [6.07, 6.45) is 0. The van der Waals surface area contributed by atoms with E-state index in [1.807, 2.05) is 13.8 Å². The van der Waals surface area contributed by atoms with E-state index in [0.717, 1.165) is 0 Å². The minimum atomic E-state index is -0.253. The number of fused-ring (bicyclic) bond motifs is 1. The normalized spacial score (nSPS) is 10.9. The fourth-order valence-electron chi connectivity index (χ4n) is 1.61.